The molecule has 0 saturated carbocycles. The highest BCUT2D eigenvalue weighted by molar-refractivity contribution is 7.26. The van der Waals surface area contributed by atoms with Gasteiger partial charge in [-0.2, -0.15) is 0 Å². The van der Waals surface area contributed by atoms with Crippen LogP contribution in [0, 0.1) is 0 Å². The van der Waals surface area contributed by atoms with Crippen LogP contribution in [0.3, 0.4) is 0 Å². The van der Waals surface area contributed by atoms with Crippen LogP contribution >= 0.6 is 22.7 Å². The fourth-order valence-electron chi connectivity index (χ4n) is 6.92. The lowest BCUT2D eigenvalue weighted by atomic mass is 9.98. The molecule has 0 fully saturated rings. The Labute approximate surface area is 296 Å². The van der Waals surface area contributed by atoms with Crippen molar-refractivity contribution in [3.63, 3.8) is 0 Å². The highest BCUT2D eigenvalue weighted by Gasteiger charge is 2.19. The average molecular weight is 674 g/mol. The van der Waals surface area contributed by atoms with Gasteiger partial charge >= 0.3 is 0 Å². The van der Waals surface area contributed by atoms with E-state index in [2.05, 4.69) is 146 Å². The number of nitrogens with zero attached hydrogens (tertiary/aromatic N) is 3. The summed E-state index contributed by atoms with van der Waals surface area (Å²) < 4.78 is 4.86. The Morgan fingerprint density at radius 2 is 0.780 bits per heavy atom. The smallest absolute Gasteiger partial charge is 0.165 e. The standard InChI is InChI=1S/C45H27N3S2/c1-3-12-28(13-4-1)30-16-9-17-31(26-30)32-24-25-40-38(27-32)35-20-11-22-37(42(35)50-40)45-47-43(29-14-5-2-6-15-29)46-44(48-45)36-21-10-19-34-33-18-7-8-23-39(33)49-41(34)36/h1-27H. The van der Waals surface area contributed by atoms with Crippen molar-refractivity contribution in [2.45, 2.75) is 0 Å². The second-order valence-corrected chi connectivity index (χ2v) is 14.5. The van der Waals surface area contributed by atoms with Crippen LogP contribution in [0.2, 0.25) is 0 Å². The van der Waals surface area contributed by atoms with Gasteiger partial charge < -0.3 is 0 Å². The van der Waals surface area contributed by atoms with Crippen molar-refractivity contribution in [3.8, 4) is 56.4 Å². The maximum Gasteiger partial charge on any atom is 0.165 e. The molecular weight excluding hydrogens is 647 g/mol. The Hall–Kier alpha value is -6.01. The molecule has 0 amide bonds. The molecule has 7 aromatic carbocycles. The van der Waals surface area contributed by atoms with Gasteiger partial charge in [0.15, 0.2) is 17.5 Å². The van der Waals surface area contributed by atoms with Crippen LogP contribution in [-0.4, -0.2) is 15.0 Å². The third-order valence-electron chi connectivity index (χ3n) is 9.35. The van der Waals surface area contributed by atoms with Crippen molar-refractivity contribution in [2.75, 3.05) is 0 Å². The fourth-order valence-corrected chi connectivity index (χ4v) is 9.32. The molecule has 10 rings (SSSR count). The van der Waals surface area contributed by atoms with Crippen LogP contribution in [0.1, 0.15) is 0 Å². The van der Waals surface area contributed by atoms with Gasteiger partial charge in [0.05, 0.1) is 0 Å². The van der Waals surface area contributed by atoms with Gasteiger partial charge in [0.25, 0.3) is 0 Å². The zero-order chi connectivity index (χ0) is 33.0. The lowest BCUT2D eigenvalue weighted by Crippen LogP contribution is -2.00. The van der Waals surface area contributed by atoms with Crippen LogP contribution in [0.25, 0.3) is 96.8 Å². The maximum absolute atomic E-state index is 5.23. The summed E-state index contributed by atoms with van der Waals surface area (Å²) in [5.41, 5.74) is 7.84. The summed E-state index contributed by atoms with van der Waals surface area (Å²) in [6.45, 7) is 0. The molecule has 5 heteroatoms. The highest BCUT2D eigenvalue weighted by atomic mass is 32.1. The van der Waals surface area contributed by atoms with Crippen molar-refractivity contribution < 1.29 is 0 Å². The van der Waals surface area contributed by atoms with Crippen LogP contribution in [0.15, 0.2) is 164 Å². The topological polar surface area (TPSA) is 38.7 Å². The Bertz CT molecular complexity index is 2870. The fraction of sp³-hybridized carbons (Fsp3) is 0. The van der Waals surface area contributed by atoms with E-state index in [9.17, 15) is 0 Å². The van der Waals surface area contributed by atoms with Gasteiger partial charge in [0.1, 0.15) is 0 Å². The first-order chi connectivity index (χ1) is 24.8. The molecule has 0 N–H and O–H groups in total. The van der Waals surface area contributed by atoms with E-state index in [1.165, 1.54) is 62.6 Å². The van der Waals surface area contributed by atoms with Gasteiger partial charge in [0, 0.05) is 57.0 Å². The minimum Gasteiger partial charge on any atom is -0.208 e. The van der Waals surface area contributed by atoms with Gasteiger partial charge in [0.2, 0.25) is 0 Å². The Balaban J connectivity index is 1.15. The van der Waals surface area contributed by atoms with E-state index >= 15 is 0 Å². The van der Waals surface area contributed by atoms with Gasteiger partial charge in [-0.25, -0.2) is 15.0 Å². The second-order valence-electron chi connectivity index (χ2n) is 12.4. The van der Waals surface area contributed by atoms with Crippen molar-refractivity contribution >= 4 is 63.0 Å². The molecule has 0 aliphatic carbocycles. The molecular formula is C45H27N3S2. The van der Waals surface area contributed by atoms with E-state index < -0.39 is 0 Å². The Kier molecular flexibility index (Phi) is 6.86. The third kappa shape index (κ3) is 4.90. The van der Waals surface area contributed by atoms with Crippen molar-refractivity contribution in [1.29, 1.82) is 0 Å². The molecule has 0 unspecified atom stereocenters. The van der Waals surface area contributed by atoms with Gasteiger partial charge in [-0.15, -0.1) is 22.7 Å². The number of aromatic nitrogens is 3. The molecule has 3 nitrogen and oxygen atoms in total. The predicted octanol–water partition coefficient (Wildman–Crippen LogP) is 12.9. The lowest BCUT2D eigenvalue weighted by molar-refractivity contribution is 1.08. The number of thiophene rings is 2. The minimum absolute atomic E-state index is 0.669. The molecule has 3 aromatic heterocycles. The summed E-state index contributed by atoms with van der Waals surface area (Å²) in [5.74, 6) is 2.03. The first kappa shape index (κ1) is 29.0. The van der Waals surface area contributed by atoms with E-state index in [0.717, 1.165) is 16.7 Å². The van der Waals surface area contributed by atoms with Gasteiger partial charge in [-0.05, 0) is 58.7 Å². The highest BCUT2D eigenvalue weighted by Crippen LogP contribution is 2.43. The lowest BCUT2D eigenvalue weighted by Gasteiger charge is -2.10. The number of hydrogen-bond donors (Lipinski definition) is 0. The van der Waals surface area contributed by atoms with E-state index in [-0.39, 0.29) is 0 Å². The first-order valence-electron chi connectivity index (χ1n) is 16.6. The summed E-state index contributed by atoms with van der Waals surface area (Å²) in [4.78, 5) is 15.5. The predicted molar refractivity (Wildman–Crippen MR) is 213 cm³/mol. The molecule has 0 radical (unpaired) electrons. The van der Waals surface area contributed by atoms with Gasteiger partial charge in [-0.1, -0.05) is 127 Å². The molecule has 0 saturated heterocycles. The largest absolute Gasteiger partial charge is 0.208 e. The van der Waals surface area contributed by atoms with E-state index in [1.54, 1.807) is 22.7 Å². The quantitative estimate of drug-likeness (QED) is 0.182. The minimum atomic E-state index is 0.669. The first-order valence-corrected chi connectivity index (χ1v) is 18.2. The summed E-state index contributed by atoms with van der Waals surface area (Å²) in [6.07, 6.45) is 0. The van der Waals surface area contributed by atoms with Gasteiger partial charge in [-0.3, -0.25) is 0 Å². The second kappa shape index (κ2) is 11.8. The van der Waals surface area contributed by atoms with Crippen LogP contribution in [0.5, 0.6) is 0 Å². The Morgan fingerprint density at radius 1 is 0.300 bits per heavy atom. The van der Waals surface area contributed by atoms with Crippen LogP contribution < -0.4 is 0 Å². The number of hydrogen-bond acceptors (Lipinski definition) is 5. The van der Waals surface area contributed by atoms with E-state index in [0.29, 0.717) is 17.5 Å². The monoisotopic (exact) mass is 673 g/mol. The van der Waals surface area contributed by atoms with Crippen LogP contribution in [-0.2, 0) is 0 Å². The Morgan fingerprint density at radius 3 is 1.48 bits per heavy atom. The number of benzene rings is 7. The molecule has 0 spiro atoms. The zero-order valence-corrected chi connectivity index (χ0v) is 28.4. The molecule has 0 aliphatic heterocycles. The summed E-state index contributed by atoms with van der Waals surface area (Å²) >= 11 is 3.59. The molecule has 0 atom stereocenters. The maximum atomic E-state index is 5.23. The molecule has 0 bridgehead atoms. The summed E-state index contributed by atoms with van der Waals surface area (Å²) in [7, 11) is 0. The van der Waals surface area contributed by atoms with E-state index in [1.807, 2.05) is 18.2 Å². The number of fused-ring (bicyclic) bond motifs is 6. The van der Waals surface area contributed by atoms with Crippen molar-refractivity contribution in [1.82, 2.24) is 15.0 Å². The normalized spacial score (nSPS) is 11.6. The molecule has 50 heavy (non-hydrogen) atoms. The SMILES string of the molecule is c1ccc(-c2cccc(-c3ccc4sc5c(-c6nc(-c7ccccc7)nc(-c7cccc8c7sc7ccccc78)n6)cccc5c4c3)c2)cc1. The van der Waals surface area contributed by atoms with Crippen LogP contribution in [0.4, 0.5) is 0 Å². The van der Waals surface area contributed by atoms with E-state index in [4.69, 9.17) is 15.0 Å². The molecule has 3 heterocycles. The number of rotatable bonds is 5. The molecule has 10 aromatic rings. The summed E-state index contributed by atoms with van der Waals surface area (Å²) in [6, 6.07) is 57.9. The average Bonchev–Trinajstić information content (AvgIpc) is 3.77. The van der Waals surface area contributed by atoms with Crippen molar-refractivity contribution in [3.05, 3.63) is 164 Å². The zero-order valence-electron chi connectivity index (χ0n) is 26.7. The van der Waals surface area contributed by atoms with Crippen molar-refractivity contribution in [2.24, 2.45) is 0 Å². The molecule has 234 valence electrons. The molecule has 0 aliphatic rings. The third-order valence-corrected chi connectivity index (χ3v) is 11.8. The summed E-state index contributed by atoms with van der Waals surface area (Å²) in [5, 5.41) is 4.93.